The molecule has 0 saturated carbocycles. The molecule has 0 bridgehead atoms. The van der Waals surface area contributed by atoms with Crippen LogP contribution in [0.4, 0.5) is 0 Å². The molecule has 1 heterocycles. The van der Waals surface area contributed by atoms with Gasteiger partial charge in [0.05, 0.1) is 7.11 Å². The van der Waals surface area contributed by atoms with Crippen molar-refractivity contribution in [3.63, 3.8) is 0 Å². The molecule has 0 fully saturated rings. The Bertz CT molecular complexity index is 1760. The summed E-state index contributed by atoms with van der Waals surface area (Å²) in [5.41, 5.74) is 7.28. The SMILES string of the molecule is COC(=O)[C@H](Cc1c[nH]c2ccccc12)NC(=O)[C@@H](Cc1ccc(-c2ccccc2)cc1)N(C)C(=O)c1cc(C)cc(C)c1. The lowest BCUT2D eigenvalue weighted by atomic mass is 9.98. The number of carbonyl (C=O) groups excluding carboxylic acids is 3. The van der Waals surface area contributed by atoms with E-state index in [1.807, 2.05) is 117 Å². The molecule has 44 heavy (non-hydrogen) atoms. The van der Waals surface area contributed by atoms with E-state index < -0.39 is 24.0 Å². The van der Waals surface area contributed by atoms with Crippen molar-refractivity contribution in [2.75, 3.05) is 14.2 Å². The van der Waals surface area contributed by atoms with E-state index in [0.29, 0.717) is 5.56 Å². The van der Waals surface area contributed by atoms with Gasteiger partial charge >= 0.3 is 5.97 Å². The number of hydrogen-bond acceptors (Lipinski definition) is 4. The van der Waals surface area contributed by atoms with Crippen LogP contribution < -0.4 is 5.32 Å². The third-order valence-electron chi connectivity index (χ3n) is 7.95. The van der Waals surface area contributed by atoms with Gasteiger partial charge in [-0.1, -0.05) is 90.0 Å². The van der Waals surface area contributed by atoms with Crippen molar-refractivity contribution in [2.24, 2.45) is 0 Å². The van der Waals surface area contributed by atoms with Crippen molar-refractivity contribution in [2.45, 2.75) is 38.8 Å². The molecule has 0 aliphatic carbocycles. The maximum absolute atomic E-state index is 14.0. The zero-order valence-corrected chi connectivity index (χ0v) is 25.5. The molecule has 5 aromatic rings. The Morgan fingerprint density at radius 1 is 0.818 bits per heavy atom. The molecule has 0 unspecified atom stereocenters. The molecule has 7 heteroatoms. The molecule has 224 valence electrons. The van der Waals surface area contributed by atoms with E-state index in [1.165, 1.54) is 12.0 Å². The summed E-state index contributed by atoms with van der Waals surface area (Å²) >= 11 is 0. The summed E-state index contributed by atoms with van der Waals surface area (Å²) in [6.07, 6.45) is 2.33. The number of ether oxygens (including phenoxy) is 1. The van der Waals surface area contributed by atoms with E-state index in [0.717, 1.165) is 44.3 Å². The second kappa shape index (κ2) is 13.4. The first-order valence-electron chi connectivity index (χ1n) is 14.7. The van der Waals surface area contributed by atoms with Gasteiger partial charge in [0.1, 0.15) is 12.1 Å². The molecule has 2 atom stereocenters. The first kappa shape index (κ1) is 30.3. The number of amides is 2. The number of aromatic nitrogens is 1. The number of likely N-dealkylation sites (N-methyl/N-ethyl adjacent to an activating group) is 1. The Kier molecular flexibility index (Phi) is 9.24. The second-order valence-corrected chi connectivity index (χ2v) is 11.2. The molecule has 4 aromatic carbocycles. The van der Waals surface area contributed by atoms with Crippen LogP contribution >= 0.6 is 0 Å². The Balaban J connectivity index is 1.43. The molecule has 7 nitrogen and oxygen atoms in total. The highest BCUT2D eigenvalue weighted by Gasteiger charge is 2.32. The fraction of sp³-hybridized carbons (Fsp3) is 0.216. The third kappa shape index (κ3) is 6.89. The van der Waals surface area contributed by atoms with E-state index >= 15 is 0 Å². The van der Waals surface area contributed by atoms with Crippen LogP contribution in [0, 0.1) is 13.8 Å². The van der Waals surface area contributed by atoms with E-state index in [4.69, 9.17) is 4.74 Å². The van der Waals surface area contributed by atoms with Crippen molar-refractivity contribution in [1.82, 2.24) is 15.2 Å². The summed E-state index contributed by atoms with van der Waals surface area (Å²) in [5.74, 6) is -1.27. The highest BCUT2D eigenvalue weighted by molar-refractivity contribution is 5.98. The summed E-state index contributed by atoms with van der Waals surface area (Å²) in [6.45, 7) is 3.88. The van der Waals surface area contributed by atoms with Crippen molar-refractivity contribution in [3.8, 4) is 11.1 Å². The van der Waals surface area contributed by atoms with Crippen LogP contribution in [0.3, 0.4) is 0 Å². The smallest absolute Gasteiger partial charge is 0.328 e. The Morgan fingerprint density at radius 2 is 1.45 bits per heavy atom. The normalized spacial score (nSPS) is 12.4. The van der Waals surface area contributed by atoms with Crippen LogP contribution in [0.5, 0.6) is 0 Å². The maximum Gasteiger partial charge on any atom is 0.328 e. The number of esters is 1. The first-order chi connectivity index (χ1) is 21.2. The largest absolute Gasteiger partial charge is 0.467 e. The fourth-order valence-electron chi connectivity index (χ4n) is 5.66. The number of hydrogen-bond donors (Lipinski definition) is 2. The molecule has 0 spiro atoms. The summed E-state index contributed by atoms with van der Waals surface area (Å²) in [6, 6.07) is 29.6. The summed E-state index contributed by atoms with van der Waals surface area (Å²) in [7, 11) is 2.94. The maximum atomic E-state index is 14.0. The van der Waals surface area contributed by atoms with E-state index in [-0.39, 0.29) is 18.7 Å². The fourth-order valence-corrected chi connectivity index (χ4v) is 5.66. The monoisotopic (exact) mass is 587 g/mol. The minimum absolute atomic E-state index is 0.232. The van der Waals surface area contributed by atoms with Gasteiger partial charge < -0.3 is 19.9 Å². The van der Waals surface area contributed by atoms with E-state index in [1.54, 1.807) is 7.05 Å². The molecule has 0 saturated heterocycles. The number of benzene rings is 4. The predicted octanol–water partition coefficient (Wildman–Crippen LogP) is 6.04. The minimum Gasteiger partial charge on any atom is -0.467 e. The van der Waals surface area contributed by atoms with Gasteiger partial charge in [0.25, 0.3) is 5.91 Å². The molecular weight excluding hydrogens is 550 g/mol. The number of nitrogens with one attached hydrogen (secondary N) is 2. The molecule has 0 radical (unpaired) electrons. The van der Waals surface area contributed by atoms with Crippen LogP contribution in [0.1, 0.15) is 32.6 Å². The predicted molar refractivity (Wildman–Crippen MR) is 173 cm³/mol. The zero-order chi connectivity index (χ0) is 31.2. The third-order valence-corrected chi connectivity index (χ3v) is 7.95. The summed E-state index contributed by atoms with van der Waals surface area (Å²) in [5, 5.41) is 3.88. The molecule has 2 amide bonds. The van der Waals surface area contributed by atoms with Crippen LogP contribution in [-0.4, -0.2) is 53.9 Å². The van der Waals surface area contributed by atoms with Gasteiger partial charge in [-0.3, -0.25) is 9.59 Å². The lowest BCUT2D eigenvalue weighted by Crippen LogP contribution is -2.53. The number of aryl methyl sites for hydroxylation is 2. The number of methoxy groups -OCH3 is 1. The molecule has 2 N–H and O–H groups in total. The quantitative estimate of drug-likeness (QED) is 0.195. The van der Waals surface area contributed by atoms with Crippen molar-refractivity contribution in [3.05, 3.63) is 131 Å². The van der Waals surface area contributed by atoms with Gasteiger partial charge in [-0.15, -0.1) is 0 Å². The molecule has 0 aliphatic rings. The average molecular weight is 588 g/mol. The van der Waals surface area contributed by atoms with Gasteiger partial charge in [0.15, 0.2) is 0 Å². The van der Waals surface area contributed by atoms with E-state index in [2.05, 4.69) is 10.3 Å². The topological polar surface area (TPSA) is 91.5 Å². The second-order valence-electron chi connectivity index (χ2n) is 11.2. The number of rotatable bonds is 10. The molecule has 0 aliphatic heterocycles. The highest BCUT2D eigenvalue weighted by Crippen LogP contribution is 2.22. The first-order valence-corrected chi connectivity index (χ1v) is 14.7. The van der Waals surface area contributed by atoms with Gasteiger partial charge in [-0.05, 0) is 54.3 Å². The standard InChI is InChI=1S/C37H37N3O4/c1-24-18-25(2)20-29(19-24)36(42)40(3)34(21-26-14-16-28(17-15-26)27-10-6-5-7-11-27)35(41)39-33(37(43)44-4)22-30-23-38-32-13-9-8-12-31(30)32/h5-20,23,33-34,38H,21-22H2,1-4H3,(H,39,41)/t33-,34+/m0/s1. The molecular formula is C37H37N3O4. The number of H-pyrrole nitrogens is 1. The van der Waals surface area contributed by atoms with Crippen molar-refractivity contribution >= 4 is 28.7 Å². The lowest BCUT2D eigenvalue weighted by molar-refractivity contribution is -0.145. The Hall–Kier alpha value is -5.17. The van der Waals surface area contributed by atoms with Crippen LogP contribution in [0.15, 0.2) is 103 Å². The van der Waals surface area contributed by atoms with Gasteiger partial charge in [-0.25, -0.2) is 4.79 Å². The average Bonchev–Trinajstić information content (AvgIpc) is 3.45. The zero-order valence-electron chi connectivity index (χ0n) is 25.5. The number of nitrogens with zero attached hydrogens (tertiary/aromatic N) is 1. The highest BCUT2D eigenvalue weighted by atomic mass is 16.5. The van der Waals surface area contributed by atoms with Crippen LogP contribution in [0.2, 0.25) is 0 Å². The molecule has 5 rings (SSSR count). The lowest BCUT2D eigenvalue weighted by Gasteiger charge is -2.29. The number of carbonyl (C=O) groups is 3. The number of para-hydroxylation sites is 1. The van der Waals surface area contributed by atoms with Gasteiger partial charge in [0.2, 0.25) is 5.91 Å². The molecule has 1 aromatic heterocycles. The Morgan fingerprint density at radius 3 is 2.14 bits per heavy atom. The number of fused-ring (bicyclic) bond motifs is 1. The van der Waals surface area contributed by atoms with Crippen LogP contribution in [-0.2, 0) is 27.2 Å². The van der Waals surface area contributed by atoms with Gasteiger partial charge in [0, 0.05) is 42.6 Å². The van der Waals surface area contributed by atoms with Crippen LogP contribution in [0.25, 0.3) is 22.0 Å². The summed E-state index contributed by atoms with van der Waals surface area (Å²) < 4.78 is 5.09. The van der Waals surface area contributed by atoms with E-state index in [9.17, 15) is 14.4 Å². The summed E-state index contributed by atoms with van der Waals surface area (Å²) in [4.78, 5) is 45.4. The van der Waals surface area contributed by atoms with Crippen molar-refractivity contribution in [1.29, 1.82) is 0 Å². The van der Waals surface area contributed by atoms with Crippen molar-refractivity contribution < 1.29 is 19.1 Å². The Labute approximate surface area is 257 Å². The minimum atomic E-state index is -0.945. The van der Waals surface area contributed by atoms with Gasteiger partial charge in [-0.2, -0.15) is 0 Å². The number of aromatic amines is 1.